The smallest absolute Gasteiger partial charge is 0.462 e. The highest BCUT2D eigenvalue weighted by atomic mass is 35.5. The Labute approximate surface area is 190 Å². The van der Waals surface area contributed by atoms with E-state index in [4.69, 9.17) is 37.4 Å². The number of nitrogens with one attached hydrogen (secondary N) is 2. The minimum Gasteiger partial charge on any atom is -0.462 e. The fraction of sp³-hybridized carbons (Fsp3) is 0.300. The van der Waals surface area contributed by atoms with Crippen molar-refractivity contribution in [2.45, 2.75) is 31.9 Å². The van der Waals surface area contributed by atoms with E-state index in [-0.39, 0.29) is 39.4 Å². The van der Waals surface area contributed by atoms with E-state index in [1.54, 1.807) is 5.32 Å². The van der Waals surface area contributed by atoms with Crippen LogP contribution in [0, 0.1) is 0 Å². The first-order valence-electron chi connectivity index (χ1n) is 9.35. The molecule has 12 heteroatoms. The van der Waals surface area contributed by atoms with E-state index >= 15 is 0 Å². The lowest BCUT2D eigenvalue weighted by Gasteiger charge is -2.29. The molecule has 2 amide bonds. The highest BCUT2D eigenvalue weighted by Gasteiger charge is 2.65. The van der Waals surface area contributed by atoms with Gasteiger partial charge in [-0.15, -0.1) is 0 Å². The van der Waals surface area contributed by atoms with Gasteiger partial charge in [-0.1, -0.05) is 36.5 Å². The van der Waals surface area contributed by atoms with Crippen molar-refractivity contribution in [3.05, 3.63) is 52.0 Å². The van der Waals surface area contributed by atoms with E-state index in [1.165, 1.54) is 24.3 Å². The molecule has 1 aliphatic rings. The maximum atomic E-state index is 13.7. The summed E-state index contributed by atoms with van der Waals surface area (Å²) in [6, 6.07) is 6.22. The van der Waals surface area contributed by atoms with Crippen LogP contribution < -0.4 is 20.1 Å². The number of anilines is 1. The second kappa shape index (κ2) is 9.33. The van der Waals surface area contributed by atoms with E-state index in [0.29, 0.717) is 0 Å². The van der Waals surface area contributed by atoms with Gasteiger partial charge in [0.15, 0.2) is 11.5 Å². The first kappa shape index (κ1) is 23.8. The van der Waals surface area contributed by atoms with E-state index in [1.807, 2.05) is 6.92 Å². The zero-order valence-corrected chi connectivity index (χ0v) is 18.0. The average molecular weight is 493 g/mol. The van der Waals surface area contributed by atoms with E-state index in [0.717, 1.165) is 25.0 Å². The molecule has 32 heavy (non-hydrogen) atoms. The second-order valence-corrected chi connectivity index (χ2v) is 7.49. The summed E-state index contributed by atoms with van der Waals surface area (Å²) in [4.78, 5) is 24.2. The van der Waals surface area contributed by atoms with Gasteiger partial charge in [-0.3, -0.25) is 5.32 Å². The molecule has 0 radical (unpaired) electrons. The maximum Gasteiger partial charge on any atom is 0.492 e. The van der Waals surface area contributed by atoms with Crippen LogP contribution in [-0.4, -0.2) is 30.7 Å². The molecule has 0 saturated carbocycles. The zero-order valence-electron chi connectivity index (χ0n) is 16.5. The van der Waals surface area contributed by atoms with Gasteiger partial charge < -0.3 is 19.5 Å². The van der Waals surface area contributed by atoms with Crippen molar-refractivity contribution >= 4 is 40.9 Å². The molecular formula is C20H17Cl2F3N2O5. The number of amides is 2. The molecule has 1 heterocycles. The lowest BCUT2D eigenvalue weighted by atomic mass is 10.2. The molecule has 0 fully saturated rings. The topological polar surface area (TPSA) is 85.9 Å². The number of urea groups is 1. The third-order valence-corrected chi connectivity index (χ3v) is 4.98. The Balaban J connectivity index is 1.69. The van der Waals surface area contributed by atoms with Crippen LogP contribution >= 0.6 is 23.2 Å². The van der Waals surface area contributed by atoms with Crippen LogP contribution in [-0.2, 0) is 4.74 Å². The van der Waals surface area contributed by atoms with Crippen molar-refractivity contribution in [2.24, 2.45) is 0 Å². The number of rotatable bonds is 6. The van der Waals surface area contributed by atoms with Crippen LogP contribution in [0.15, 0.2) is 36.4 Å². The van der Waals surface area contributed by atoms with Crippen molar-refractivity contribution in [1.29, 1.82) is 0 Å². The molecule has 7 nitrogen and oxygen atoms in total. The van der Waals surface area contributed by atoms with Crippen LogP contribution in [0.25, 0.3) is 0 Å². The first-order valence-corrected chi connectivity index (χ1v) is 10.1. The summed E-state index contributed by atoms with van der Waals surface area (Å²) >= 11 is 11.6. The van der Waals surface area contributed by atoms with Gasteiger partial charge in [0.05, 0.1) is 22.2 Å². The van der Waals surface area contributed by atoms with Gasteiger partial charge in [-0.05, 0) is 30.7 Å². The third kappa shape index (κ3) is 5.13. The summed E-state index contributed by atoms with van der Waals surface area (Å²) in [5.41, 5.74) is 0.344. The van der Waals surface area contributed by atoms with Crippen molar-refractivity contribution in [1.82, 2.24) is 5.32 Å². The zero-order chi connectivity index (χ0) is 23.5. The van der Waals surface area contributed by atoms with Crippen LogP contribution in [0.2, 0.25) is 10.0 Å². The fourth-order valence-electron chi connectivity index (χ4n) is 2.63. The number of alkyl halides is 3. The number of halogens is 5. The molecule has 0 atom stereocenters. The van der Waals surface area contributed by atoms with E-state index < -0.39 is 24.1 Å². The molecule has 0 bridgehead atoms. The Morgan fingerprint density at radius 1 is 1.06 bits per heavy atom. The number of hydrogen-bond acceptors (Lipinski definition) is 5. The molecular weight excluding hydrogens is 476 g/mol. The van der Waals surface area contributed by atoms with Gasteiger partial charge in [-0.25, -0.2) is 9.59 Å². The maximum absolute atomic E-state index is 13.7. The van der Waals surface area contributed by atoms with Crippen LogP contribution in [0.1, 0.15) is 30.1 Å². The van der Waals surface area contributed by atoms with E-state index in [2.05, 4.69) is 5.32 Å². The number of fused-ring (bicyclic) bond motifs is 1. The van der Waals surface area contributed by atoms with Gasteiger partial charge in [0.25, 0.3) is 0 Å². The first-order chi connectivity index (χ1) is 15.0. The van der Waals surface area contributed by atoms with Crippen LogP contribution in [0.3, 0.4) is 0 Å². The summed E-state index contributed by atoms with van der Waals surface area (Å²) in [5.74, 6) is -4.73. The van der Waals surface area contributed by atoms with Crippen molar-refractivity contribution < 1.29 is 37.0 Å². The Bertz CT molecular complexity index is 985. The Morgan fingerprint density at radius 2 is 1.62 bits per heavy atom. The number of ether oxygens (including phenoxy) is 3. The largest absolute Gasteiger partial charge is 0.492 e. The average Bonchev–Trinajstić information content (AvgIpc) is 3.06. The number of carbonyl (C=O) groups excluding carboxylic acids is 2. The molecule has 3 rings (SSSR count). The molecule has 0 aliphatic carbocycles. The highest BCUT2D eigenvalue weighted by Crippen LogP contribution is 2.47. The predicted octanol–water partition coefficient (Wildman–Crippen LogP) is 5.76. The SMILES string of the molecule is CCCCOC(=O)c1ccc(NC(=O)NC2(C(F)(F)F)Oc3cc(Cl)c(Cl)cc3O2)cc1. The number of esters is 1. The van der Waals surface area contributed by atoms with Crippen molar-refractivity contribution in [3.8, 4) is 11.5 Å². The monoisotopic (exact) mass is 492 g/mol. The molecule has 2 N–H and O–H groups in total. The Morgan fingerprint density at radius 3 is 2.12 bits per heavy atom. The molecule has 0 unspecified atom stereocenters. The summed E-state index contributed by atoms with van der Waals surface area (Å²) in [6.45, 7) is 2.23. The van der Waals surface area contributed by atoms with Gasteiger partial charge in [0.1, 0.15) is 0 Å². The second-order valence-electron chi connectivity index (χ2n) is 6.68. The van der Waals surface area contributed by atoms with Gasteiger partial charge in [0.2, 0.25) is 0 Å². The minimum atomic E-state index is -5.16. The Hall–Kier alpha value is -2.85. The third-order valence-electron chi connectivity index (χ3n) is 4.25. The van der Waals surface area contributed by atoms with Gasteiger partial charge in [-0.2, -0.15) is 13.2 Å². The number of carbonyl (C=O) groups is 2. The number of unbranched alkanes of at least 4 members (excludes halogenated alkanes) is 1. The molecule has 2 aromatic carbocycles. The standard InChI is InChI=1S/C20H17Cl2F3N2O5/c1-2-3-8-30-17(28)11-4-6-12(7-5-11)26-18(29)27-20(19(23,24)25)31-15-9-13(21)14(22)10-16(15)32-20/h4-7,9-10H,2-3,8H2,1H3,(H2,26,27,29). The number of benzene rings is 2. The molecule has 0 saturated heterocycles. The normalized spacial score (nSPS) is 14.1. The number of hydrogen-bond donors (Lipinski definition) is 2. The lowest BCUT2D eigenvalue weighted by Crippen LogP contribution is -2.65. The quantitative estimate of drug-likeness (QED) is 0.395. The minimum absolute atomic E-state index is 0.0512. The summed E-state index contributed by atoms with van der Waals surface area (Å²) < 4.78 is 56.0. The summed E-state index contributed by atoms with van der Waals surface area (Å²) in [6.07, 6.45) is -3.57. The van der Waals surface area contributed by atoms with Crippen molar-refractivity contribution in [2.75, 3.05) is 11.9 Å². The predicted molar refractivity (Wildman–Crippen MR) is 110 cm³/mol. The molecule has 1 aliphatic heterocycles. The highest BCUT2D eigenvalue weighted by molar-refractivity contribution is 6.42. The Kier molecular flexibility index (Phi) is 6.94. The lowest BCUT2D eigenvalue weighted by molar-refractivity contribution is -0.317. The van der Waals surface area contributed by atoms with Gasteiger partial charge >= 0.3 is 24.1 Å². The molecule has 2 aromatic rings. The van der Waals surface area contributed by atoms with Crippen LogP contribution in [0.4, 0.5) is 23.7 Å². The summed E-state index contributed by atoms with van der Waals surface area (Å²) in [5, 5.41) is 3.76. The molecule has 172 valence electrons. The van der Waals surface area contributed by atoms with Crippen molar-refractivity contribution in [3.63, 3.8) is 0 Å². The van der Waals surface area contributed by atoms with E-state index in [9.17, 15) is 22.8 Å². The van der Waals surface area contributed by atoms with Crippen LogP contribution in [0.5, 0.6) is 11.5 Å². The van der Waals surface area contributed by atoms with Gasteiger partial charge in [0, 0.05) is 17.8 Å². The molecule has 0 aromatic heterocycles. The summed E-state index contributed by atoms with van der Waals surface area (Å²) in [7, 11) is 0. The fourth-order valence-corrected chi connectivity index (χ4v) is 2.94. The molecule has 0 spiro atoms.